The van der Waals surface area contributed by atoms with Gasteiger partial charge in [0.2, 0.25) is 0 Å². The maximum Gasteiger partial charge on any atom is 0.472 e. The molecule has 17 nitrogen and oxygen atoms in total. The molecule has 103 heavy (non-hydrogen) atoms. The molecule has 2 unspecified atom stereocenters. The number of ether oxygens (including phenoxy) is 4. The first-order valence-corrected chi connectivity index (χ1v) is 46.5. The quantitative estimate of drug-likeness (QED) is 0.0222. The lowest BCUT2D eigenvalue weighted by Gasteiger charge is -2.21. The van der Waals surface area contributed by atoms with Crippen molar-refractivity contribution >= 4 is 39.5 Å². The maximum absolute atomic E-state index is 13.1. The van der Waals surface area contributed by atoms with Gasteiger partial charge in [0, 0.05) is 25.7 Å². The zero-order valence-corrected chi connectivity index (χ0v) is 69.4. The van der Waals surface area contributed by atoms with Gasteiger partial charge in [-0.3, -0.25) is 37.3 Å². The molecule has 0 aliphatic rings. The van der Waals surface area contributed by atoms with Crippen molar-refractivity contribution in [2.24, 2.45) is 11.8 Å². The van der Waals surface area contributed by atoms with Crippen LogP contribution in [0, 0.1) is 11.8 Å². The molecule has 0 heterocycles. The van der Waals surface area contributed by atoms with Crippen LogP contribution in [0.3, 0.4) is 0 Å². The number of phosphoric ester groups is 2. The van der Waals surface area contributed by atoms with E-state index < -0.39 is 97.5 Å². The SMILES string of the molecule is CCCCCCCCCCCCCCCCCCCCC(=O)OC[C@H](COP(=O)(O)OC[C@@H](O)COP(=O)(O)OC[C@@H](COC(=O)CCCCCCCCC)OC(=O)CCCCCCCCCCCCCCCCC(C)C)OC(=O)CCCCCCCCCCCCCCCCCCCCC(C)C. The number of phosphoric acid groups is 2. The number of hydrogen-bond donors (Lipinski definition) is 3. The van der Waals surface area contributed by atoms with Gasteiger partial charge in [-0.05, 0) is 37.5 Å². The van der Waals surface area contributed by atoms with Crippen LogP contribution in [-0.2, 0) is 65.4 Å². The van der Waals surface area contributed by atoms with Gasteiger partial charge in [-0.15, -0.1) is 0 Å². The molecule has 3 N–H and O–H groups in total. The van der Waals surface area contributed by atoms with E-state index in [1.165, 1.54) is 250 Å². The molecule has 0 bridgehead atoms. The third-order valence-corrected chi connectivity index (χ3v) is 21.6. The smallest absolute Gasteiger partial charge is 0.462 e. The van der Waals surface area contributed by atoms with Crippen molar-refractivity contribution in [3.63, 3.8) is 0 Å². The van der Waals surface area contributed by atoms with E-state index >= 15 is 0 Å². The van der Waals surface area contributed by atoms with Crippen LogP contribution in [0.2, 0.25) is 0 Å². The van der Waals surface area contributed by atoms with Crippen LogP contribution < -0.4 is 0 Å². The Bertz CT molecular complexity index is 1980. The van der Waals surface area contributed by atoms with Crippen LogP contribution in [0.25, 0.3) is 0 Å². The molecule has 0 radical (unpaired) electrons. The number of carbonyl (C=O) groups excluding carboxylic acids is 4. The number of aliphatic hydroxyl groups excluding tert-OH is 1. The van der Waals surface area contributed by atoms with Crippen molar-refractivity contribution in [1.82, 2.24) is 0 Å². The molecule has 0 fully saturated rings. The summed E-state index contributed by atoms with van der Waals surface area (Å²) in [6.07, 6.45) is 66.8. The fraction of sp³-hybridized carbons (Fsp3) is 0.952. The fourth-order valence-corrected chi connectivity index (χ4v) is 14.6. The molecule has 0 aliphatic heterocycles. The van der Waals surface area contributed by atoms with Crippen LogP contribution in [0.5, 0.6) is 0 Å². The molecule has 0 aromatic carbocycles. The van der Waals surface area contributed by atoms with E-state index in [-0.39, 0.29) is 25.7 Å². The number of unbranched alkanes of at least 4 members (excludes halogenated alkanes) is 53. The number of rotatable bonds is 83. The lowest BCUT2D eigenvalue weighted by Crippen LogP contribution is -2.30. The predicted octanol–water partition coefficient (Wildman–Crippen LogP) is 25.5. The summed E-state index contributed by atoms with van der Waals surface area (Å²) >= 11 is 0. The highest BCUT2D eigenvalue weighted by Gasteiger charge is 2.30. The van der Waals surface area contributed by atoms with Crippen molar-refractivity contribution < 1.29 is 80.2 Å². The first-order valence-electron chi connectivity index (χ1n) is 43.5. The van der Waals surface area contributed by atoms with Gasteiger partial charge in [-0.2, -0.15) is 0 Å². The minimum absolute atomic E-state index is 0.107. The van der Waals surface area contributed by atoms with Crippen molar-refractivity contribution in [3.05, 3.63) is 0 Å². The average molecular weight is 1510 g/mol. The lowest BCUT2D eigenvalue weighted by molar-refractivity contribution is -0.161. The van der Waals surface area contributed by atoms with E-state index in [9.17, 15) is 43.2 Å². The van der Waals surface area contributed by atoms with Crippen LogP contribution >= 0.6 is 15.6 Å². The van der Waals surface area contributed by atoms with Gasteiger partial charge in [0.25, 0.3) is 0 Å². The molecule has 19 heteroatoms. The van der Waals surface area contributed by atoms with E-state index in [2.05, 4.69) is 41.5 Å². The number of carbonyl (C=O) groups is 4. The Morgan fingerprint density at radius 3 is 0.660 bits per heavy atom. The van der Waals surface area contributed by atoms with Gasteiger partial charge in [0.05, 0.1) is 26.4 Å². The molecular formula is C84H164O17P2. The zero-order valence-electron chi connectivity index (χ0n) is 67.6. The molecule has 0 rings (SSSR count). The summed E-state index contributed by atoms with van der Waals surface area (Å²) in [6.45, 7) is 9.67. The van der Waals surface area contributed by atoms with E-state index in [0.717, 1.165) is 115 Å². The Balaban J connectivity index is 5.16. The normalized spacial score (nSPS) is 13.9. The summed E-state index contributed by atoms with van der Waals surface area (Å²) in [5.74, 6) is -0.493. The second kappa shape index (κ2) is 75.5. The summed E-state index contributed by atoms with van der Waals surface area (Å²) in [4.78, 5) is 73.0. The molecular weight excluding hydrogens is 1340 g/mol. The highest BCUT2D eigenvalue weighted by atomic mass is 31.2. The average Bonchev–Trinajstić information content (AvgIpc) is 1.01. The van der Waals surface area contributed by atoms with E-state index in [1.807, 2.05) is 0 Å². The zero-order chi connectivity index (χ0) is 75.6. The van der Waals surface area contributed by atoms with Crippen LogP contribution in [-0.4, -0.2) is 96.7 Å². The number of hydrogen-bond acceptors (Lipinski definition) is 15. The van der Waals surface area contributed by atoms with Gasteiger partial charge in [-0.1, -0.05) is 395 Å². The first kappa shape index (κ1) is 101. The third-order valence-electron chi connectivity index (χ3n) is 19.7. The van der Waals surface area contributed by atoms with E-state index in [0.29, 0.717) is 25.7 Å². The molecule has 612 valence electrons. The second-order valence-electron chi connectivity index (χ2n) is 31.2. The van der Waals surface area contributed by atoms with Crippen LogP contribution in [0.1, 0.15) is 446 Å². The molecule has 0 amide bonds. The molecule has 0 aliphatic carbocycles. The summed E-state index contributed by atoms with van der Waals surface area (Å²) in [6, 6.07) is 0. The van der Waals surface area contributed by atoms with Gasteiger partial charge < -0.3 is 33.8 Å². The summed E-state index contributed by atoms with van der Waals surface area (Å²) < 4.78 is 68.7. The van der Waals surface area contributed by atoms with Crippen molar-refractivity contribution in [1.29, 1.82) is 0 Å². The molecule has 0 saturated heterocycles. The Morgan fingerprint density at radius 1 is 0.262 bits per heavy atom. The minimum atomic E-state index is -4.96. The Hall–Kier alpha value is -1.94. The van der Waals surface area contributed by atoms with Crippen molar-refractivity contribution in [3.8, 4) is 0 Å². The predicted molar refractivity (Wildman–Crippen MR) is 423 cm³/mol. The van der Waals surface area contributed by atoms with E-state index in [4.69, 9.17) is 37.0 Å². The molecule has 0 aromatic rings. The van der Waals surface area contributed by atoms with Gasteiger partial charge in [-0.25, -0.2) is 9.13 Å². The largest absolute Gasteiger partial charge is 0.472 e. The van der Waals surface area contributed by atoms with Gasteiger partial charge >= 0.3 is 39.5 Å². The van der Waals surface area contributed by atoms with Crippen molar-refractivity contribution in [2.45, 2.75) is 464 Å². The second-order valence-corrected chi connectivity index (χ2v) is 34.1. The van der Waals surface area contributed by atoms with Gasteiger partial charge in [0.15, 0.2) is 12.2 Å². The van der Waals surface area contributed by atoms with Gasteiger partial charge in [0.1, 0.15) is 19.3 Å². The standard InChI is InChI=1S/C84H164O17P2/c1-7-9-11-13-15-16-17-18-19-20-24-27-33-38-43-49-55-61-67-82(87)95-73-80(101-84(89)69-62-56-50-44-39-34-28-25-22-21-23-26-31-36-41-47-52-58-64-76(3)4)75-99-103(92,93)97-71-78(85)70-96-102(90,91)98-74-79(72-94-81(86)66-60-54-46-14-12-10-8-2)100-83(88)68-63-57-51-45-40-35-30-29-32-37-42-48-53-59-65-77(5)6/h76-80,85H,7-75H2,1-6H3,(H,90,91)(H,92,93)/t78-,79+,80+/m0/s1. The summed E-state index contributed by atoms with van der Waals surface area (Å²) in [5.41, 5.74) is 0. The first-order chi connectivity index (χ1) is 49.9. The monoisotopic (exact) mass is 1510 g/mol. The van der Waals surface area contributed by atoms with Crippen molar-refractivity contribution in [2.75, 3.05) is 39.6 Å². The minimum Gasteiger partial charge on any atom is -0.462 e. The van der Waals surface area contributed by atoms with E-state index in [1.54, 1.807) is 0 Å². The number of aliphatic hydroxyl groups is 1. The van der Waals surface area contributed by atoms with Crippen LogP contribution in [0.4, 0.5) is 0 Å². The fourth-order valence-electron chi connectivity index (χ4n) is 13.1. The summed E-state index contributed by atoms with van der Waals surface area (Å²) in [7, 11) is -9.92. The highest BCUT2D eigenvalue weighted by Crippen LogP contribution is 2.45. The third kappa shape index (κ3) is 78.0. The molecule has 0 aromatic heterocycles. The molecule has 0 spiro atoms. The highest BCUT2D eigenvalue weighted by molar-refractivity contribution is 7.47. The topological polar surface area (TPSA) is 237 Å². The Labute approximate surface area is 632 Å². The lowest BCUT2D eigenvalue weighted by atomic mass is 10.0. The maximum atomic E-state index is 13.1. The Kier molecular flexibility index (Phi) is 74.1. The summed E-state index contributed by atoms with van der Waals surface area (Å²) in [5, 5.41) is 10.6. The molecule has 0 saturated carbocycles. The Morgan fingerprint density at radius 2 is 0.447 bits per heavy atom. The number of esters is 4. The van der Waals surface area contributed by atoms with Crippen LogP contribution in [0.15, 0.2) is 0 Å². The molecule has 5 atom stereocenters.